The zero-order valence-electron chi connectivity index (χ0n) is 16.6. The first-order valence-electron chi connectivity index (χ1n) is 9.17. The number of aliphatic hydroxyl groups is 1. The van der Waals surface area contributed by atoms with Gasteiger partial charge in [-0.05, 0) is 62.1 Å². The van der Waals surface area contributed by atoms with E-state index in [1.54, 1.807) is 19.1 Å². The van der Waals surface area contributed by atoms with Crippen LogP contribution in [0.4, 0.5) is 18.0 Å². The topological polar surface area (TPSA) is 58.6 Å². The molecule has 0 saturated carbocycles. The second kappa shape index (κ2) is 10.4. The molecule has 2 N–H and O–H groups in total. The first kappa shape index (κ1) is 24.4. The number of amides is 1. The molecule has 0 bridgehead atoms. The van der Waals surface area contributed by atoms with Crippen molar-refractivity contribution >= 4 is 29.5 Å². The van der Waals surface area contributed by atoms with Crippen LogP contribution in [0, 0.1) is 0 Å². The summed E-state index contributed by atoms with van der Waals surface area (Å²) >= 11 is 7.56. The van der Waals surface area contributed by atoms with Crippen molar-refractivity contribution in [1.29, 1.82) is 0 Å². The maximum absolute atomic E-state index is 12.9. The van der Waals surface area contributed by atoms with Crippen LogP contribution in [-0.4, -0.2) is 30.5 Å². The van der Waals surface area contributed by atoms with Crippen LogP contribution >= 0.6 is 23.4 Å². The number of ether oxygens (including phenoxy) is 1. The van der Waals surface area contributed by atoms with Gasteiger partial charge in [0.15, 0.2) is 0 Å². The van der Waals surface area contributed by atoms with E-state index in [4.69, 9.17) is 11.6 Å². The summed E-state index contributed by atoms with van der Waals surface area (Å²) < 4.78 is 43.2. The van der Waals surface area contributed by atoms with E-state index in [0.29, 0.717) is 29.2 Å². The summed E-state index contributed by atoms with van der Waals surface area (Å²) in [5.41, 5.74) is -0.620. The summed E-state index contributed by atoms with van der Waals surface area (Å²) in [5, 5.41) is 12.7. The van der Waals surface area contributed by atoms with Crippen LogP contribution in [0.25, 0.3) is 0 Å². The third-order valence-corrected chi connectivity index (χ3v) is 5.87. The highest BCUT2D eigenvalue weighted by Crippen LogP contribution is 2.35. The van der Waals surface area contributed by atoms with E-state index >= 15 is 0 Å². The van der Waals surface area contributed by atoms with Gasteiger partial charge in [-0.1, -0.05) is 35.5 Å². The van der Waals surface area contributed by atoms with E-state index < -0.39 is 23.4 Å². The van der Waals surface area contributed by atoms with E-state index in [1.165, 1.54) is 24.9 Å². The third kappa shape index (κ3) is 7.11. The Bertz CT molecular complexity index is 879. The number of methoxy groups -OCH3 is 1. The Morgan fingerprint density at radius 2 is 1.90 bits per heavy atom. The quantitative estimate of drug-likeness (QED) is 0.510. The predicted molar refractivity (Wildman–Crippen MR) is 111 cm³/mol. The van der Waals surface area contributed by atoms with Gasteiger partial charge in [-0.2, -0.15) is 13.2 Å². The molecule has 0 aliphatic carbocycles. The van der Waals surface area contributed by atoms with Crippen LogP contribution in [0.2, 0.25) is 5.02 Å². The van der Waals surface area contributed by atoms with Gasteiger partial charge in [0.25, 0.3) is 0 Å². The molecule has 2 aromatic rings. The number of nitrogens with one attached hydrogen (secondary N) is 1. The molecule has 0 spiro atoms. The molecule has 1 atom stereocenters. The molecule has 1 amide bonds. The summed E-state index contributed by atoms with van der Waals surface area (Å²) in [4.78, 5) is 12.6. The molecule has 164 valence electrons. The lowest BCUT2D eigenvalue weighted by Gasteiger charge is -2.28. The summed E-state index contributed by atoms with van der Waals surface area (Å²) in [6.45, 7) is 1.49. The number of carbonyl (C=O) groups is 1. The number of hydrogen-bond acceptors (Lipinski definition) is 4. The van der Waals surface area contributed by atoms with Crippen molar-refractivity contribution in [2.75, 3.05) is 13.7 Å². The van der Waals surface area contributed by atoms with Crippen LogP contribution < -0.4 is 5.32 Å². The van der Waals surface area contributed by atoms with Crippen molar-refractivity contribution in [3.63, 3.8) is 0 Å². The Morgan fingerprint density at radius 3 is 2.50 bits per heavy atom. The Balaban J connectivity index is 2.00. The summed E-state index contributed by atoms with van der Waals surface area (Å²) in [7, 11) is 1.26. The number of halogens is 4. The Hall–Kier alpha value is -1.90. The Morgan fingerprint density at radius 1 is 1.20 bits per heavy atom. The fourth-order valence-corrected chi connectivity index (χ4v) is 4.07. The minimum atomic E-state index is -4.39. The zero-order chi connectivity index (χ0) is 22.4. The van der Waals surface area contributed by atoms with Gasteiger partial charge in [-0.15, -0.1) is 0 Å². The number of alkyl carbamates (subject to hydrolysis) is 1. The molecule has 4 nitrogen and oxygen atoms in total. The number of alkyl halides is 3. The minimum absolute atomic E-state index is 0.234. The molecular weight excluding hydrogens is 439 g/mol. The highest BCUT2D eigenvalue weighted by atomic mass is 35.5. The second-order valence-corrected chi connectivity index (χ2v) is 8.62. The van der Waals surface area contributed by atoms with Gasteiger partial charge in [0.2, 0.25) is 0 Å². The van der Waals surface area contributed by atoms with Gasteiger partial charge < -0.3 is 15.2 Å². The average Bonchev–Trinajstić information content (AvgIpc) is 2.69. The van der Waals surface area contributed by atoms with Crippen LogP contribution in [0.15, 0.2) is 52.3 Å². The first-order valence-corrected chi connectivity index (χ1v) is 10.4. The summed E-state index contributed by atoms with van der Waals surface area (Å²) in [6.07, 6.45) is -3.22. The van der Waals surface area contributed by atoms with E-state index in [2.05, 4.69) is 10.1 Å². The number of carbonyl (C=O) groups excluding carboxylic acids is 1. The minimum Gasteiger partial charge on any atom is -0.453 e. The number of rotatable bonds is 8. The lowest BCUT2D eigenvalue weighted by molar-refractivity contribution is -0.137. The number of hydrogen-bond donors (Lipinski definition) is 2. The summed E-state index contributed by atoms with van der Waals surface area (Å²) in [5.74, 6) is 0. The maximum atomic E-state index is 12.9. The second-order valence-electron chi connectivity index (χ2n) is 7.07. The highest BCUT2D eigenvalue weighted by molar-refractivity contribution is 7.99. The van der Waals surface area contributed by atoms with Crippen molar-refractivity contribution in [1.82, 2.24) is 5.32 Å². The molecule has 1 unspecified atom stereocenters. The number of benzene rings is 2. The molecule has 2 aromatic carbocycles. The molecular formula is C21H23ClF3NO3S. The zero-order valence-corrected chi connectivity index (χ0v) is 18.1. The molecule has 0 aliphatic heterocycles. The monoisotopic (exact) mass is 461 g/mol. The highest BCUT2D eigenvalue weighted by Gasteiger charge is 2.30. The smallest absolute Gasteiger partial charge is 0.416 e. The average molecular weight is 462 g/mol. The molecule has 30 heavy (non-hydrogen) atoms. The van der Waals surface area contributed by atoms with Gasteiger partial charge >= 0.3 is 12.3 Å². The molecule has 0 aromatic heterocycles. The lowest BCUT2D eigenvalue weighted by atomic mass is 9.94. The number of aliphatic hydroxyl groups excluding tert-OH is 1. The van der Waals surface area contributed by atoms with Crippen LogP contribution in [0.1, 0.15) is 30.9 Å². The van der Waals surface area contributed by atoms with Gasteiger partial charge in [0, 0.05) is 14.8 Å². The van der Waals surface area contributed by atoms with E-state index in [-0.39, 0.29) is 6.61 Å². The van der Waals surface area contributed by atoms with Gasteiger partial charge in [0.1, 0.15) is 0 Å². The van der Waals surface area contributed by atoms with Crippen molar-refractivity contribution < 1.29 is 27.8 Å². The first-order chi connectivity index (χ1) is 14.1. The standard InChI is InChI=1S/C21H23ClF3NO3S/c1-20(13-27,26-19(28)29-2)10-4-5-14-8-9-17(12-18(14)22)30-16-7-3-6-15(11-16)21(23,24)25/h3,6-9,11-12,27H,4-5,10,13H2,1-2H3,(H,26,28). The fourth-order valence-electron chi connectivity index (χ4n) is 2.81. The van der Waals surface area contributed by atoms with Crippen LogP contribution in [-0.2, 0) is 17.3 Å². The molecule has 0 radical (unpaired) electrons. The van der Waals surface area contributed by atoms with E-state index in [9.17, 15) is 23.1 Å². The Labute approximate surface area is 182 Å². The normalized spacial score (nSPS) is 13.6. The van der Waals surface area contributed by atoms with Gasteiger partial charge in [-0.3, -0.25) is 0 Å². The molecule has 0 heterocycles. The third-order valence-electron chi connectivity index (χ3n) is 4.53. The number of aryl methyl sites for hydroxylation is 1. The molecule has 0 fully saturated rings. The molecule has 2 rings (SSSR count). The Kier molecular flexibility index (Phi) is 8.46. The van der Waals surface area contributed by atoms with Crippen molar-refractivity contribution in [2.24, 2.45) is 0 Å². The van der Waals surface area contributed by atoms with Crippen molar-refractivity contribution in [3.05, 3.63) is 58.6 Å². The SMILES string of the molecule is COC(=O)NC(C)(CO)CCCc1ccc(Sc2cccc(C(F)(F)F)c2)cc1Cl. The molecule has 0 aliphatic rings. The summed E-state index contributed by atoms with van der Waals surface area (Å²) in [6, 6.07) is 10.5. The lowest BCUT2D eigenvalue weighted by Crippen LogP contribution is -2.48. The predicted octanol–water partition coefficient (Wildman–Crippen LogP) is 5.94. The van der Waals surface area contributed by atoms with Gasteiger partial charge in [-0.25, -0.2) is 4.79 Å². The van der Waals surface area contributed by atoms with Crippen LogP contribution in [0.5, 0.6) is 0 Å². The fraction of sp³-hybridized carbons (Fsp3) is 0.381. The van der Waals surface area contributed by atoms with Gasteiger partial charge in [0.05, 0.1) is 24.8 Å². The largest absolute Gasteiger partial charge is 0.453 e. The van der Waals surface area contributed by atoms with E-state index in [0.717, 1.165) is 22.6 Å². The van der Waals surface area contributed by atoms with Crippen molar-refractivity contribution in [3.8, 4) is 0 Å². The van der Waals surface area contributed by atoms with E-state index in [1.807, 2.05) is 12.1 Å². The maximum Gasteiger partial charge on any atom is 0.416 e. The van der Waals surface area contributed by atoms with Crippen molar-refractivity contribution in [2.45, 2.75) is 47.7 Å². The molecule has 9 heteroatoms. The van der Waals surface area contributed by atoms with Crippen LogP contribution in [0.3, 0.4) is 0 Å². The molecule has 0 saturated heterocycles.